The maximum atomic E-state index is 11.9. The molecule has 2 heterocycles. The van der Waals surface area contributed by atoms with E-state index >= 15 is 0 Å². The topological polar surface area (TPSA) is 82.7 Å². The highest BCUT2D eigenvalue weighted by atomic mass is 16.2. The first-order valence-electron chi connectivity index (χ1n) is 6.16. The molecule has 3 N–H and O–H groups in total. The van der Waals surface area contributed by atoms with Crippen LogP contribution in [0.4, 0.5) is 0 Å². The Hall–Kier alpha value is -1.43. The molecule has 1 fully saturated rings. The van der Waals surface area contributed by atoms with E-state index in [1.165, 1.54) is 0 Å². The molecule has 2 unspecified atom stereocenters. The van der Waals surface area contributed by atoms with Crippen LogP contribution in [0.1, 0.15) is 43.1 Å². The van der Waals surface area contributed by atoms with Crippen molar-refractivity contribution in [1.29, 1.82) is 0 Å². The lowest BCUT2D eigenvalue weighted by atomic mass is 10.00. The molecule has 1 aromatic rings. The fraction of sp³-hybridized carbons (Fsp3) is 0.727. The Morgan fingerprint density at radius 3 is 3.06 bits per heavy atom. The van der Waals surface area contributed by atoms with Crippen molar-refractivity contribution in [2.75, 3.05) is 6.54 Å². The van der Waals surface area contributed by atoms with E-state index < -0.39 is 0 Å². The van der Waals surface area contributed by atoms with E-state index in [2.05, 4.69) is 32.7 Å². The highest BCUT2D eigenvalue weighted by molar-refractivity contribution is 5.90. The van der Waals surface area contributed by atoms with Gasteiger partial charge in [0.2, 0.25) is 5.82 Å². The lowest BCUT2D eigenvalue weighted by Gasteiger charge is -2.30. The maximum absolute atomic E-state index is 11.9. The van der Waals surface area contributed by atoms with Crippen molar-refractivity contribution in [3.63, 3.8) is 0 Å². The molecule has 6 heteroatoms. The zero-order valence-corrected chi connectivity index (χ0v) is 10.3. The van der Waals surface area contributed by atoms with Crippen LogP contribution >= 0.6 is 0 Å². The highest BCUT2D eigenvalue weighted by Gasteiger charge is 2.24. The Kier molecular flexibility index (Phi) is 3.73. The van der Waals surface area contributed by atoms with Crippen molar-refractivity contribution in [2.45, 2.75) is 45.2 Å². The van der Waals surface area contributed by atoms with Gasteiger partial charge in [-0.1, -0.05) is 6.92 Å². The third-order valence-electron chi connectivity index (χ3n) is 3.15. The second kappa shape index (κ2) is 5.27. The zero-order chi connectivity index (χ0) is 12.3. The Morgan fingerprint density at radius 1 is 1.59 bits per heavy atom. The molecule has 0 aliphatic carbocycles. The number of carbonyl (C=O) groups is 1. The summed E-state index contributed by atoms with van der Waals surface area (Å²) >= 11 is 0. The number of aryl methyl sites for hydroxylation is 1. The van der Waals surface area contributed by atoms with Crippen LogP contribution in [0.25, 0.3) is 0 Å². The predicted molar refractivity (Wildman–Crippen MR) is 63.7 cm³/mol. The fourth-order valence-electron chi connectivity index (χ4n) is 2.03. The number of H-pyrrole nitrogens is 1. The predicted octanol–water partition coefficient (Wildman–Crippen LogP) is 0.237. The second-order valence-corrected chi connectivity index (χ2v) is 4.42. The van der Waals surface area contributed by atoms with E-state index in [4.69, 9.17) is 0 Å². The summed E-state index contributed by atoms with van der Waals surface area (Å²) in [6, 6.07) is 0.470. The lowest BCUT2D eigenvalue weighted by Crippen LogP contribution is -2.52. The zero-order valence-electron chi connectivity index (χ0n) is 10.3. The van der Waals surface area contributed by atoms with Crippen molar-refractivity contribution in [2.24, 2.45) is 0 Å². The smallest absolute Gasteiger partial charge is 0.291 e. The maximum Gasteiger partial charge on any atom is 0.291 e. The van der Waals surface area contributed by atoms with Crippen molar-refractivity contribution >= 4 is 5.91 Å². The molecule has 0 radical (unpaired) electrons. The highest BCUT2D eigenvalue weighted by Crippen LogP contribution is 2.08. The number of nitrogens with zero attached hydrogens (tertiary/aromatic N) is 2. The molecule has 1 aliphatic rings. The molecule has 1 amide bonds. The first-order valence-corrected chi connectivity index (χ1v) is 6.16. The molecular formula is C11H19N5O. The third kappa shape index (κ3) is 2.82. The van der Waals surface area contributed by atoms with Gasteiger partial charge in [-0.05, 0) is 26.3 Å². The standard InChI is InChI=1S/C11H19N5O/c1-3-9-14-10(16-15-9)11(17)13-8-5-4-6-12-7(8)2/h7-8,12H,3-6H2,1-2H3,(H,13,17)(H,14,15,16). The summed E-state index contributed by atoms with van der Waals surface area (Å²) in [5.74, 6) is 0.783. The normalized spacial score (nSPS) is 24.6. The lowest BCUT2D eigenvalue weighted by molar-refractivity contribution is 0.0909. The van der Waals surface area contributed by atoms with E-state index in [1.807, 2.05) is 6.92 Å². The number of nitrogens with one attached hydrogen (secondary N) is 3. The summed E-state index contributed by atoms with van der Waals surface area (Å²) in [7, 11) is 0. The van der Waals surface area contributed by atoms with Crippen LogP contribution in [0.2, 0.25) is 0 Å². The Bertz CT molecular complexity index is 389. The molecule has 2 atom stereocenters. The van der Waals surface area contributed by atoms with E-state index in [9.17, 15) is 4.79 Å². The molecule has 0 bridgehead atoms. The van der Waals surface area contributed by atoms with Crippen LogP contribution in [0.3, 0.4) is 0 Å². The second-order valence-electron chi connectivity index (χ2n) is 4.42. The Morgan fingerprint density at radius 2 is 2.41 bits per heavy atom. The molecule has 94 valence electrons. The van der Waals surface area contributed by atoms with E-state index in [-0.39, 0.29) is 17.8 Å². The van der Waals surface area contributed by atoms with Gasteiger partial charge in [-0.2, -0.15) is 0 Å². The van der Waals surface area contributed by atoms with Gasteiger partial charge in [0.05, 0.1) is 0 Å². The number of rotatable bonds is 3. The van der Waals surface area contributed by atoms with E-state index in [1.54, 1.807) is 0 Å². The Labute approximate surface area is 101 Å². The molecule has 1 saturated heterocycles. The van der Waals surface area contributed by atoms with Gasteiger partial charge in [-0.3, -0.25) is 9.89 Å². The van der Waals surface area contributed by atoms with Gasteiger partial charge in [-0.15, -0.1) is 5.10 Å². The quantitative estimate of drug-likeness (QED) is 0.703. The average Bonchev–Trinajstić information content (AvgIpc) is 2.81. The summed E-state index contributed by atoms with van der Waals surface area (Å²) in [6.45, 7) is 5.07. The van der Waals surface area contributed by atoms with Crippen LogP contribution in [-0.4, -0.2) is 39.7 Å². The number of aromatic nitrogens is 3. The van der Waals surface area contributed by atoms with Gasteiger partial charge in [0, 0.05) is 18.5 Å². The van der Waals surface area contributed by atoms with Crippen LogP contribution in [0.15, 0.2) is 0 Å². The molecule has 17 heavy (non-hydrogen) atoms. The summed E-state index contributed by atoms with van der Waals surface area (Å²) < 4.78 is 0. The first-order chi connectivity index (χ1) is 8.20. The van der Waals surface area contributed by atoms with E-state index in [0.717, 1.165) is 31.6 Å². The molecule has 1 aromatic heterocycles. The minimum absolute atomic E-state index is 0.167. The number of amides is 1. The number of piperidine rings is 1. The molecule has 6 nitrogen and oxygen atoms in total. The van der Waals surface area contributed by atoms with Gasteiger partial charge in [0.15, 0.2) is 0 Å². The van der Waals surface area contributed by atoms with Crippen molar-refractivity contribution < 1.29 is 4.79 Å². The number of hydrogen-bond acceptors (Lipinski definition) is 4. The van der Waals surface area contributed by atoms with Crippen LogP contribution in [0, 0.1) is 0 Å². The van der Waals surface area contributed by atoms with Crippen LogP contribution in [0.5, 0.6) is 0 Å². The number of aromatic amines is 1. The summed E-state index contributed by atoms with van der Waals surface area (Å²) in [4.78, 5) is 16.0. The summed E-state index contributed by atoms with van der Waals surface area (Å²) in [6.07, 6.45) is 2.84. The largest absolute Gasteiger partial charge is 0.345 e. The monoisotopic (exact) mass is 237 g/mol. The minimum atomic E-state index is -0.193. The third-order valence-corrected chi connectivity index (χ3v) is 3.15. The first kappa shape index (κ1) is 12.0. The van der Waals surface area contributed by atoms with Crippen molar-refractivity contribution in [1.82, 2.24) is 25.8 Å². The minimum Gasteiger partial charge on any atom is -0.345 e. The van der Waals surface area contributed by atoms with E-state index in [0.29, 0.717) is 6.04 Å². The van der Waals surface area contributed by atoms with Crippen LogP contribution in [-0.2, 0) is 6.42 Å². The van der Waals surface area contributed by atoms with Crippen LogP contribution < -0.4 is 10.6 Å². The summed E-state index contributed by atoms with van der Waals surface area (Å²) in [5, 5.41) is 13.0. The fourth-order valence-corrected chi connectivity index (χ4v) is 2.03. The molecule has 0 aromatic carbocycles. The number of carbonyl (C=O) groups excluding carboxylic acids is 1. The average molecular weight is 237 g/mol. The number of hydrogen-bond donors (Lipinski definition) is 3. The van der Waals surface area contributed by atoms with Gasteiger partial charge in [0.25, 0.3) is 5.91 Å². The SMILES string of the molecule is CCc1nc(C(=O)NC2CCCNC2C)n[nH]1. The van der Waals surface area contributed by atoms with Crippen molar-refractivity contribution in [3.8, 4) is 0 Å². The van der Waals surface area contributed by atoms with Crippen molar-refractivity contribution in [3.05, 3.63) is 11.6 Å². The van der Waals surface area contributed by atoms with Gasteiger partial charge in [0.1, 0.15) is 5.82 Å². The Balaban J connectivity index is 1.96. The van der Waals surface area contributed by atoms with Gasteiger partial charge >= 0.3 is 0 Å². The molecule has 0 spiro atoms. The molecule has 2 rings (SSSR count). The summed E-state index contributed by atoms with van der Waals surface area (Å²) in [5.41, 5.74) is 0. The molecule has 1 aliphatic heterocycles. The van der Waals surface area contributed by atoms with Gasteiger partial charge in [-0.25, -0.2) is 4.98 Å². The molecule has 0 saturated carbocycles. The molecular weight excluding hydrogens is 218 g/mol. The van der Waals surface area contributed by atoms with Gasteiger partial charge < -0.3 is 10.6 Å².